The van der Waals surface area contributed by atoms with E-state index in [-0.39, 0.29) is 12.5 Å². The number of nitrogens with one attached hydrogen (secondary N) is 1. The van der Waals surface area contributed by atoms with Crippen molar-refractivity contribution in [2.45, 2.75) is 26.3 Å². The lowest BCUT2D eigenvalue weighted by Gasteiger charge is -2.08. The summed E-state index contributed by atoms with van der Waals surface area (Å²) in [5, 5.41) is 6.34. The van der Waals surface area contributed by atoms with Crippen LogP contribution in [0.5, 0.6) is 5.88 Å². The first kappa shape index (κ1) is 18.8. The number of carbonyl (C=O) groups excluding carboxylic acids is 1. The molecule has 0 aliphatic rings. The molecule has 140 valence electrons. The zero-order valence-electron chi connectivity index (χ0n) is 15.0. The molecule has 0 aliphatic heterocycles. The van der Waals surface area contributed by atoms with Gasteiger partial charge in [-0.25, -0.2) is 10.4 Å². The minimum atomic E-state index is -0.350. The normalized spacial score (nSPS) is 11.4. The lowest BCUT2D eigenvalue weighted by molar-refractivity contribution is -0.123. The fraction of sp³-hybridized carbons (Fsp3) is 0.263. The molecule has 1 amide bonds. The third-order valence-corrected chi connectivity index (χ3v) is 4.63. The molecule has 0 aliphatic carbocycles. The van der Waals surface area contributed by atoms with E-state index in [4.69, 9.17) is 4.74 Å². The molecule has 1 N–H and O–H groups in total. The highest BCUT2D eigenvalue weighted by molar-refractivity contribution is 7.07. The quantitative estimate of drug-likeness (QED) is 0.607. The van der Waals surface area contributed by atoms with Crippen LogP contribution in [0.15, 0.2) is 59.4 Å². The lowest BCUT2D eigenvalue weighted by Crippen LogP contribution is -2.28. The van der Waals surface area contributed by atoms with Gasteiger partial charge < -0.3 is 9.30 Å². The van der Waals surface area contributed by atoms with Gasteiger partial charge in [0, 0.05) is 24.3 Å². The molecule has 0 saturated heterocycles. The lowest BCUT2D eigenvalue weighted by atomic mass is 10.2. The number of unbranched alkanes of at least 4 members (excludes halogenated alkanes) is 1. The zero-order valence-corrected chi connectivity index (χ0v) is 15.9. The summed E-state index contributed by atoms with van der Waals surface area (Å²) in [5.41, 5.74) is 4.78. The molecule has 2 aromatic heterocycles. The summed E-state index contributed by atoms with van der Waals surface area (Å²) >= 11 is 1.50. The largest absolute Gasteiger partial charge is 0.466 e. The van der Waals surface area contributed by atoms with Crippen LogP contribution in [0.3, 0.4) is 0 Å². The van der Waals surface area contributed by atoms with E-state index in [2.05, 4.69) is 49.5 Å². The monoisotopic (exact) mass is 383 g/mol. The molecule has 0 spiro atoms. The Kier molecular flexibility index (Phi) is 6.70. The number of benzene rings is 1. The fourth-order valence-corrected chi connectivity index (χ4v) is 3.33. The third kappa shape index (κ3) is 5.24. The summed E-state index contributed by atoms with van der Waals surface area (Å²) < 4.78 is 7.41. The van der Waals surface area contributed by atoms with Crippen LogP contribution in [0.2, 0.25) is 0 Å². The number of nitrogens with zero attached hydrogens (tertiary/aromatic N) is 4. The van der Waals surface area contributed by atoms with Gasteiger partial charge in [-0.3, -0.25) is 9.78 Å². The minimum Gasteiger partial charge on any atom is -0.466 e. The van der Waals surface area contributed by atoms with Crippen molar-refractivity contribution in [3.63, 3.8) is 0 Å². The van der Waals surface area contributed by atoms with E-state index in [1.165, 1.54) is 23.7 Å². The maximum atomic E-state index is 12.0. The van der Waals surface area contributed by atoms with E-state index in [0.717, 1.165) is 35.4 Å². The van der Waals surface area contributed by atoms with E-state index in [1.54, 1.807) is 6.20 Å². The van der Waals surface area contributed by atoms with E-state index in [1.807, 2.05) is 18.2 Å². The van der Waals surface area contributed by atoms with Gasteiger partial charge in [0.2, 0.25) is 10.7 Å². The van der Waals surface area contributed by atoms with Crippen molar-refractivity contribution < 1.29 is 9.53 Å². The van der Waals surface area contributed by atoms with Crippen molar-refractivity contribution in [2.24, 2.45) is 5.10 Å². The van der Waals surface area contributed by atoms with Crippen LogP contribution in [0.25, 0.3) is 11.3 Å². The number of carbonyl (C=O) groups is 1. The van der Waals surface area contributed by atoms with Crippen molar-refractivity contribution >= 4 is 17.2 Å². The van der Waals surface area contributed by atoms with E-state index < -0.39 is 0 Å². The highest BCUT2D eigenvalue weighted by atomic mass is 32.1. The molecule has 1 aromatic carbocycles. The average Bonchev–Trinajstić information content (AvgIpc) is 3.13. The van der Waals surface area contributed by atoms with Gasteiger partial charge in [-0.2, -0.15) is 0 Å². The standard InChI is InChI=1S/C19H21N5O2S/c1-2-3-11-24-16(15-7-5-4-6-8-15)14-27-19(24)23-22-17(25)13-26-18-12-20-9-10-21-18/h4-10,12,14H,2-3,11,13H2,1H3,(H,22,25)/b23-19-. The molecule has 0 fully saturated rings. The zero-order chi connectivity index (χ0) is 18.9. The molecule has 0 atom stereocenters. The Labute approximate surface area is 161 Å². The van der Waals surface area contributed by atoms with Crippen LogP contribution in [-0.4, -0.2) is 27.0 Å². The highest BCUT2D eigenvalue weighted by Crippen LogP contribution is 2.20. The molecular formula is C19H21N5O2S. The van der Waals surface area contributed by atoms with E-state index >= 15 is 0 Å². The van der Waals surface area contributed by atoms with Gasteiger partial charge in [-0.15, -0.1) is 16.4 Å². The first-order valence-electron chi connectivity index (χ1n) is 8.73. The second-order valence-corrected chi connectivity index (χ2v) is 6.59. The van der Waals surface area contributed by atoms with Gasteiger partial charge in [0.1, 0.15) is 0 Å². The third-order valence-electron chi connectivity index (χ3n) is 3.77. The Morgan fingerprint density at radius 2 is 2.15 bits per heavy atom. The molecule has 3 rings (SSSR count). The van der Waals surface area contributed by atoms with Gasteiger partial charge in [0.25, 0.3) is 5.91 Å². The summed E-state index contributed by atoms with van der Waals surface area (Å²) in [6.07, 6.45) is 6.61. The predicted molar refractivity (Wildman–Crippen MR) is 104 cm³/mol. The molecule has 0 saturated carbocycles. The Balaban J connectivity index is 1.72. The summed E-state index contributed by atoms with van der Waals surface area (Å²) in [4.78, 5) is 20.6. The van der Waals surface area contributed by atoms with Crippen LogP contribution in [0, 0.1) is 0 Å². The Bertz CT molecular complexity index is 922. The topological polar surface area (TPSA) is 81.4 Å². The second kappa shape index (κ2) is 9.63. The van der Waals surface area contributed by atoms with E-state index in [0.29, 0.717) is 5.88 Å². The number of hydrogen-bond acceptors (Lipinski definition) is 6. The smallest absolute Gasteiger partial charge is 0.278 e. The van der Waals surface area contributed by atoms with Crippen molar-refractivity contribution in [1.82, 2.24) is 20.0 Å². The highest BCUT2D eigenvalue weighted by Gasteiger charge is 2.08. The van der Waals surface area contributed by atoms with Crippen LogP contribution in [-0.2, 0) is 11.3 Å². The van der Waals surface area contributed by atoms with Crippen LogP contribution >= 0.6 is 11.3 Å². The van der Waals surface area contributed by atoms with Crippen molar-refractivity contribution in [1.29, 1.82) is 0 Å². The molecule has 0 unspecified atom stereocenters. The van der Waals surface area contributed by atoms with Crippen LogP contribution < -0.4 is 15.0 Å². The van der Waals surface area contributed by atoms with Crippen molar-refractivity contribution in [3.8, 4) is 17.1 Å². The average molecular weight is 383 g/mol. The van der Waals surface area contributed by atoms with Gasteiger partial charge in [0.15, 0.2) is 6.61 Å². The molecule has 0 radical (unpaired) electrons. The Hall–Kier alpha value is -3.00. The Morgan fingerprint density at radius 1 is 1.30 bits per heavy atom. The minimum absolute atomic E-state index is 0.173. The van der Waals surface area contributed by atoms with Gasteiger partial charge in [-0.05, 0) is 12.0 Å². The Morgan fingerprint density at radius 3 is 2.89 bits per heavy atom. The maximum absolute atomic E-state index is 12.0. The number of hydrogen-bond donors (Lipinski definition) is 1. The molecule has 2 heterocycles. The van der Waals surface area contributed by atoms with Crippen molar-refractivity contribution in [2.75, 3.05) is 6.61 Å². The molecule has 27 heavy (non-hydrogen) atoms. The molecular weight excluding hydrogens is 362 g/mol. The maximum Gasteiger partial charge on any atom is 0.278 e. The first-order valence-corrected chi connectivity index (χ1v) is 9.61. The summed E-state index contributed by atoms with van der Waals surface area (Å²) in [5.74, 6) is -0.0505. The predicted octanol–water partition coefficient (Wildman–Crippen LogP) is 2.82. The van der Waals surface area contributed by atoms with Gasteiger partial charge >= 0.3 is 0 Å². The number of thiazole rings is 1. The molecule has 3 aromatic rings. The first-order chi connectivity index (χ1) is 13.3. The SMILES string of the molecule is CCCCn1c(-c2ccccc2)cs/c1=N\NC(=O)COc1cnccn1. The summed E-state index contributed by atoms with van der Waals surface area (Å²) in [6, 6.07) is 10.2. The van der Waals surface area contributed by atoms with Crippen LogP contribution in [0.1, 0.15) is 19.8 Å². The number of amides is 1. The molecule has 8 heteroatoms. The van der Waals surface area contributed by atoms with E-state index in [9.17, 15) is 4.79 Å². The fourth-order valence-electron chi connectivity index (χ4n) is 2.43. The molecule has 0 bridgehead atoms. The number of rotatable bonds is 8. The van der Waals surface area contributed by atoms with Crippen LogP contribution in [0.4, 0.5) is 0 Å². The number of ether oxygens (including phenoxy) is 1. The second-order valence-electron chi connectivity index (χ2n) is 5.75. The molecule has 7 nitrogen and oxygen atoms in total. The van der Waals surface area contributed by atoms with Crippen molar-refractivity contribution in [3.05, 3.63) is 59.1 Å². The van der Waals surface area contributed by atoms with Gasteiger partial charge in [-0.1, -0.05) is 43.7 Å². The van der Waals surface area contributed by atoms with Gasteiger partial charge in [0.05, 0.1) is 11.9 Å². The summed E-state index contributed by atoms with van der Waals surface area (Å²) in [7, 11) is 0. The number of aromatic nitrogens is 3. The summed E-state index contributed by atoms with van der Waals surface area (Å²) in [6.45, 7) is 2.82.